The van der Waals surface area contributed by atoms with Crippen molar-refractivity contribution in [1.29, 1.82) is 0 Å². The first kappa shape index (κ1) is 11.6. The Morgan fingerprint density at radius 1 is 1.65 bits per heavy atom. The Kier molecular flexibility index (Phi) is 2.88. The summed E-state index contributed by atoms with van der Waals surface area (Å²) in [6.45, 7) is 6.94. The SMILES string of the molecule is [C-]#[N+]c1nc(CC2(C(=O)O)CCCC2)cn1C. The van der Waals surface area contributed by atoms with Gasteiger partial charge in [0.15, 0.2) is 0 Å². The van der Waals surface area contributed by atoms with E-state index in [4.69, 9.17) is 6.57 Å². The van der Waals surface area contributed by atoms with Crippen molar-refractivity contribution in [3.05, 3.63) is 23.3 Å². The average Bonchev–Trinajstić information content (AvgIpc) is 2.87. The fraction of sp³-hybridized carbons (Fsp3) is 0.583. The molecule has 5 nitrogen and oxygen atoms in total. The average molecular weight is 233 g/mol. The summed E-state index contributed by atoms with van der Waals surface area (Å²) in [5.74, 6) is -0.413. The third kappa shape index (κ3) is 2.03. The number of aromatic nitrogens is 2. The van der Waals surface area contributed by atoms with Gasteiger partial charge in [-0.2, -0.15) is 4.98 Å². The molecule has 1 fully saturated rings. The highest BCUT2D eigenvalue weighted by Gasteiger charge is 2.42. The number of aryl methyl sites for hydroxylation is 1. The van der Waals surface area contributed by atoms with Gasteiger partial charge in [0.2, 0.25) is 0 Å². The minimum Gasteiger partial charge on any atom is -0.481 e. The molecule has 1 aliphatic carbocycles. The lowest BCUT2D eigenvalue weighted by atomic mass is 9.82. The molecule has 1 saturated carbocycles. The molecule has 0 atom stereocenters. The highest BCUT2D eigenvalue weighted by Crippen LogP contribution is 2.41. The Labute approximate surface area is 99.9 Å². The quantitative estimate of drug-likeness (QED) is 0.814. The van der Waals surface area contributed by atoms with Crippen LogP contribution in [0, 0.1) is 12.0 Å². The van der Waals surface area contributed by atoms with E-state index < -0.39 is 11.4 Å². The van der Waals surface area contributed by atoms with Crippen LogP contribution in [0.5, 0.6) is 0 Å². The summed E-state index contributed by atoms with van der Waals surface area (Å²) in [5.41, 5.74) is 0.0518. The van der Waals surface area contributed by atoms with Crippen molar-refractivity contribution in [3.8, 4) is 0 Å². The number of carboxylic acid groups (broad SMARTS) is 1. The molecule has 90 valence electrons. The van der Waals surface area contributed by atoms with Crippen molar-refractivity contribution in [2.45, 2.75) is 32.1 Å². The maximum Gasteiger partial charge on any atom is 0.338 e. The van der Waals surface area contributed by atoms with E-state index in [-0.39, 0.29) is 0 Å². The molecule has 1 N–H and O–H groups in total. The normalized spacial score (nSPS) is 17.9. The second kappa shape index (κ2) is 4.21. The zero-order valence-corrected chi connectivity index (χ0v) is 9.81. The van der Waals surface area contributed by atoms with Crippen LogP contribution in [0.1, 0.15) is 31.4 Å². The molecule has 0 bridgehead atoms. The Balaban J connectivity index is 2.24. The number of imidazole rings is 1. The van der Waals surface area contributed by atoms with Crippen LogP contribution in [-0.4, -0.2) is 20.6 Å². The second-order valence-corrected chi connectivity index (χ2v) is 4.72. The van der Waals surface area contributed by atoms with Gasteiger partial charge < -0.3 is 14.5 Å². The van der Waals surface area contributed by atoms with Gasteiger partial charge in [-0.25, -0.2) is 0 Å². The van der Waals surface area contributed by atoms with E-state index >= 15 is 0 Å². The molecular weight excluding hydrogens is 218 g/mol. The second-order valence-electron chi connectivity index (χ2n) is 4.72. The van der Waals surface area contributed by atoms with Gasteiger partial charge in [-0.3, -0.25) is 4.79 Å². The lowest BCUT2D eigenvalue weighted by Crippen LogP contribution is -2.30. The fourth-order valence-corrected chi connectivity index (χ4v) is 2.57. The summed E-state index contributed by atoms with van der Waals surface area (Å²) < 4.78 is 1.65. The summed E-state index contributed by atoms with van der Waals surface area (Å²) in [6.07, 6.45) is 5.56. The molecule has 0 unspecified atom stereocenters. The summed E-state index contributed by atoms with van der Waals surface area (Å²) in [7, 11) is 1.76. The zero-order valence-electron chi connectivity index (χ0n) is 9.81. The van der Waals surface area contributed by atoms with E-state index in [0.29, 0.717) is 30.9 Å². The van der Waals surface area contributed by atoms with Gasteiger partial charge in [0, 0.05) is 13.5 Å². The van der Waals surface area contributed by atoms with Crippen LogP contribution in [-0.2, 0) is 18.3 Å². The van der Waals surface area contributed by atoms with E-state index in [1.807, 2.05) is 0 Å². The number of carboxylic acids is 1. The monoisotopic (exact) mass is 233 g/mol. The van der Waals surface area contributed by atoms with E-state index in [2.05, 4.69) is 9.83 Å². The van der Waals surface area contributed by atoms with Crippen LogP contribution < -0.4 is 0 Å². The van der Waals surface area contributed by atoms with E-state index in [0.717, 1.165) is 12.8 Å². The Morgan fingerprint density at radius 3 is 2.76 bits per heavy atom. The van der Waals surface area contributed by atoms with Crippen LogP contribution in [0.4, 0.5) is 5.95 Å². The largest absolute Gasteiger partial charge is 0.481 e. The molecule has 0 radical (unpaired) electrons. The van der Waals surface area contributed by atoms with E-state index in [1.165, 1.54) is 0 Å². The molecule has 17 heavy (non-hydrogen) atoms. The van der Waals surface area contributed by atoms with Gasteiger partial charge in [-0.1, -0.05) is 12.8 Å². The van der Waals surface area contributed by atoms with Crippen molar-refractivity contribution < 1.29 is 9.90 Å². The highest BCUT2D eigenvalue weighted by molar-refractivity contribution is 5.75. The van der Waals surface area contributed by atoms with Crippen LogP contribution >= 0.6 is 0 Å². The minimum absolute atomic E-state index is 0.318. The molecule has 1 aliphatic rings. The van der Waals surface area contributed by atoms with Gasteiger partial charge in [-0.15, -0.1) is 6.57 Å². The summed E-state index contributed by atoms with van der Waals surface area (Å²) in [4.78, 5) is 18.8. The molecule has 0 saturated heterocycles. The topological polar surface area (TPSA) is 59.5 Å². The van der Waals surface area contributed by atoms with Crippen LogP contribution in [0.15, 0.2) is 6.20 Å². The lowest BCUT2D eigenvalue weighted by molar-refractivity contribution is -0.148. The molecule has 2 rings (SSSR count). The molecule has 0 amide bonds. The van der Waals surface area contributed by atoms with Gasteiger partial charge in [0.25, 0.3) is 0 Å². The molecule has 1 heterocycles. The van der Waals surface area contributed by atoms with Crippen LogP contribution in [0.3, 0.4) is 0 Å². The van der Waals surface area contributed by atoms with Crippen LogP contribution in [0.2, 0.25) is 0 Å². The first-order chi connectivity index (χ1) is 8.07. The van der Waals surface area contributed by atoms with Crippen molar-refractivity contribution in [3.63, 3.8) is 0 Å². The van der Waals surface area contributed by atoms with Crippen molar-refractivity contribution in [2.75, 3.05) is 0 Å². The maximum absolute atomic E-state index is 11.4. The summed E-state index contributed by atoms with van der Waals surface area (Å²) >= 11 is 0. The van der Waals surface area contributed by atoms with E-state index in [1.54, 1.807) is 17.8 Å². The number of nitrogens with zero attached hydrogens (tertiary/aromatic N) is 3. The predicted octanol–water partition coefficient (Wildman–Crippen LogP) is 2.16. The standard InChI is InChI=1S/C12H15N3O2/c1-13-11-14-9(8-15(11)2)7-12(10(16)17)5-3-4-6-12/h8H,3-7H2,2H3,(H,16,17). The first-order valence-corrected chi connectivity index (χ1v) is 5.70. The van der Waals surface area contributed by atoms with Crippen molar-refractivity contribution in [2.24, 2.45) is 12.5 Å². The van der Waals surface area contributed by atoms with Crippen molar-refractivity contribution in [1.82, 2.24) is 9.55 Å². The number of hydrogen-bond donors (Lipinski definition) is 1. The third-order valence-electron chi connectivity index (χ3n) is 3.54. The Morgan fingerprint density at radius 2 is 2.29 bits per heavy atom. The lowest BCUT2D eigenvalue weighted by Gasteiger charge is -2.21. The molecule has 0 aliphatic heterocycles. The molecule has 1 aromatic rings. The molecular formula is C12H15N3O2. The van der Waals surface area contributed by atoms with Gasteiger partial charge in [-0.05, 0) is 12.8 Å². The highest BCUT2D eigenvalue weighted by atomic mass is 16.4. The molecule has 1 aromatic heterocycles. The maximum atomic E-state index is 11.4. The number of carbonyl (C=O) groups is 1. The first-order valence-electron chi connectivity index (χ1n) is 5.70. The van der Waals surface area contributed by atoms with Gasteiger partial charge >= 0.3 is 11.9 Å². The summed E-state index contributed by atoms with van der Waals surface area (Å²) in [5, 5.41) is 9.36. The number of rotatable bonds is 3. The fourth-order valence-electron chi connectivity index (χ4n) is 2.57. The number of aliphatic carboxylic acids is 1. The molecule has 0 aromatic carbocycles. The zero-order chi connectivity index (χ0) is 12.5. The smallest absolute Gasteiger partial charge is 0.338 e. The van der Waals surface area contributed by atoms with E-state index in [9.17, 15) is 9.90 Å². The molecule has 5 heteroatoms. The Hall–Kier alpha value is -1.83. The Bertz CT molecular complexity index is 478. The van der Waals surface area contributed by atoms with Crippen molar-refractivity contribution >= 4 is 11.9 Å². The molecule has 0 spiro atoms. The number of hydrogen-bond acceptors (Lipinski definition) is 2. The van der Waals surface area contributed by atoms with Gasteiger partial charge in [0.1, 0.15) is 5.69 Å². The third-order valence-corrected chi connectivity index (χ3v) is 3.54. The summed E-state index contributed by atoms with van der Waals surface area (Å²) in [6, 6.07) is 0. The minimum atomic E-state index is -0.731. The predicted molar refractivity (Wildman–Crippen MR) is 61.7 cm³/mol. The van der Waals surface area contributed by atoms with Gasteiger partial charge in [0.05, 0.1) is 11.6 Å². The van der Waals surface area contributed by atoms with Crippen LogP contribution in [0.25, 0.3) is 4.85 Å².